The Morgan fingerprint density at radius 3 is 2.81 bits per heavy atom. The second-order valence-corrected chi connectivity index (χ2v) is 5.70. The zero-order valence-electron chi connectivity index (χ0n) is 11.8. The number of halogens is 1. The molecule has 5 heteroatoms. The van der Waals surface area contributed by atoms with Crippen LogP contribution in [0.25, 0.3) is 11.0 Å². The largest absolute Gasteiger partial charge is 0.481 e. The van der Waals surface area contributed by atoms with Crippen molar-refractivity contribution in [2.24, 2.45) is 0 Å². The molecule has 0 aliphatic carbocycles. The van der Waals surface area contributed by atoms with Crippen LogP contribution >= 0.6 is 15.9 Å². The van der Waals surface area contributed by atoms with Crippen molar-refractivity contribution in [2.45, 2.75) is 13.0 Å². The maximum Gasteiger partial charge on any atom is 0.213 e. The number of methoxy groups -OCH3 is 1. The highest BCUT2D eigenvalue weighted by molar-refractivity contribution is 9.10. The van der Waals surface area contributed by atoms with Gasteiger partial charge in [0.2, 0.25) is 5.88 Å². The van der Waals surface area contributed by atoms with Gasteiger partial charge >= 0.3 is 0 Å². The second-order valence-electron chi connectivity index (χ2n) is 4.79. The zero-order valence-corrected chi connectivity index (χ0v) is 13.3. The molecule has 3 aromatic rings. The molecular weight excluding hydrogens is 332 g/mol. The minimum atomic E-state index is 0.0476. The molecule has 2 aromatic heterocycles. The molecule has 1 unspecified atom stereocenters. The van der Waals surface area contributed by atoms with E-state index in [9.17, 15) is 0 Å². The highest BCUT2D eigenvalue weighted by Gasteiger charge is 2.12. The van der Waals surface area contributed by atoms with E-state index in [-0.39, 0.29) is 6.04 Å². The van der Waals surface area contributed by atoms with E-state index in [1.54, 1.807) is 13.3 Å². The first kappa shape index (κ1) is 13.9. The summed E-state index contributed by atoms with van der Waals surface area (Å²) in [6.45, 7) is 2.05. The van der Waals surface area contributed by atoms with E-state index in [1.165, 1.54) is 0 Å². The predicted molar refractivity (Wildman–Crippen MR) is 86.7 cm³/mol. The van der Waals surface area contributed by atoms with Gasteiger partial charge in [0.1, 0.15) is 11.3 Å². The Balaban J connectivity index is 1.80. The van der Waals surface area contributed by atoms with Gasteiger partial charge in [-0.25, -0.2) is 4.98 Å². The van der Waals surface area contributed by atoms with Gasteiger partial charge in [0.15, 0.2) is 0 Å². The normalized spacial score (nSPS) is 12.3. The van der Waals surface area contributed by atoms with Crippen LogP contribution in [0, 0.1) is 0 Å². The number of hydrogen-bond donors (Lipinski definition) is 1. The van der Waals surface area contributed by atoms with Crippen LogP contribution in [0.3, 0.4) is 0 Å². The molecule has 0 bridgehead atoms. The number of furan rings is 1. The van der Waals surface area contributed by atoms with Crippen LogP contribution < -0.4 is 10.1 Å². The fourth-order valence-electron chi connectivity index (χ4n) is 2.16. The number of pyridine rings is 1. The lowest BCUT2D eigenvalue weighted by atomic mass is 10.2. The van der Waals surface area contributed by atoms with Crippen LogP contribution in [0.4, 0.5) is 5.69 Å². The number of hydrogen-bond acceptors (Lipinski definition) is 4. The van der Waals surface area contributed by atoms with Crippen LogP contribution in [0.1, 0.15) is 18.7 Å². The molecule has 0 saturated heterocycles. The van der Waals surface area contributed by atoms with Crippen molar-refractivity contribution < 1.29 is 9.15 Å². The van der Waals surface area contributed by atoms with E-state index >= 15 is 0 Å². The third-order valence-corrected chi connectivity index (χ3v) is 3.75. The minimum absolute atomic E-state index is 0.0476. The summed E-state index contributed by atoms with van der Waals surface area (Å²) in [5, 5.41) is 4.45. The van der Waals surface area contributed by atoms with E-state index in [0.29, 0.717) is 5.88 Å². The standard InChI is InChI=1S/C16H15BrN2O2/c1-10(19-13-4-6-16(20-2)18-9-13)15-8-11-7-12(17)3-5-14(11)21-15/h3-10,19H,1-2H3. The summed E-state index contributed by atoms with van der Waals surface area (Å²) in [5.74, 6) is 1.49. The van der Waals surface area contributed by atoms with Crippen LogP contribution in [0.15, 0.2) is 51.5 Å². The van der Waals surface area contributed by atoms with Crippen molar-refractivity contribution in [3.63, 3.8) is 0 Å². The molecule has 3 rings (SSSR count). The number of benzene rings is 1. The van der Waals surface area contributed by atoms with E-state index < -0.39 is 0 Å². The molecule has 0 aliphatic rings. The van der Waals surface area contributed by atoms with Gasteiger partial charge in [0.05, 0.1) is 25.0 Å². The third-order valence-electron chi connectivity index (χ3n) is 3.25. The quantitative estimate of drug-likeness (QED) is 0.738. The number of aromatic nitrogens is 1. The molecular formula is C16H15BrN2O2. The summed E-state index contributed by atoms with van der Waals surface area (Å²) < 4.78 is 12.0. The first-order valence-corrected chi connectivity index (χ1v) is 7.40. The molecule has 1 N–H and O–H groups in total. The van der Waals surface area contributed by atoms with E-state index in [4.69, 9.17) is 9.15 Å². The molecule has 1 atom stereocenters. The van der Waals surface area contributed by atoms with Crippen LogP contribution in [-0.2, 0) is 0 Å². The second kappa shape index (κ2) is 5.77. The number of nitrogens with one attached hydrogen (secondary N) is 1. The molecule has 4 nitrogen and oxygen atoms in total. The van der Waals surface area contributed by atoms with E-state index in [1.807, 2.05) is 30.3 Å². The predicted octanol–water partition coefficient (Wildman–Crippen LogP) is 4.77. The molecule has 0 spiro atoms. The summed E-state index contributed by atoms with van der Waals surface area (Å²) in [4.78, 5) is 4.18. The topological polar surface area (TPSA) is 47.3 Å². The fourth-order valence-corrected chi connectivity index (χ4v) is 2.53. The number of nitrogens with zero attached hydrogens (tertiary/aromatic N) is 1. The van der Waals surface area contributed by atoms with Crippen LogP contribution in [-0.4, -0.2) is 12.1 Å². The number of ether oxygens (including phenoxy) is 1. The van der Waals surface area contributed by atoms with Gasteiger partial charge in [-0.1, -0.05) is 15.9 Å². The Hall–Kier alpha value is -2.01. The molecule has 1 aromatic carbocycles. The summed E-state index contributed by atoms with van der Waals surface area (Å²) in [6, 6.07) is 11.8. The average Bonchev–Trinajstić information content (AvgIpc) is 2.91. The first-order chi connectivity index (χ1) is 10.2. The Morgan fingerprint density at radius 1 is 1.24 bits per heavy atom. The molecule has 21 heavy (non-hydrogen) atoms. The molecule has 0 amide bonds. The Labute approximate surface area is 131 Å². The summed E-state index contributed by atoms with van der Waals surface area (Å²) in [6.07, 6.45) is 1.74. The Morgan fingerprint density at radius 2 is 2.10 bits per heavy atom. The maximum absolute atomic E-state index is 5.87. The van der Waals surface area contributed by atoms with Crippen molar-refractivity contribution in [1.82, 2.24) is 4.98 Å². The summed E-state index contributed by atoms with van der Waals surface area (Å²) in [7, 11) is 1.60. The third kappa shape index (κ3) is 3.03. The van der Waals surface area contributed by atoms with Gasteiger partial charge in [-0.3, -0.25) is 0 Å². The molecule has 108 valence electrons. The molecule has 0 fully saturated rings. The average molecular weight is 347 g/mol. The smallest absolute Gasteiger partial charge is 0.213 e. The van der Waals surface area contributed by atoms with Gasteiger partial charge in [0, 0.05) is 15.9 Å². The first-order valence-electron chi connectivity index (χ1n) is 6.61. The summed E-state index contributed by atoms with van der Waals surface area (Å²) in [5.41, 5.74) is 1.81. The highest BCUT2D eigenvalue weighted by atomic mass is 79.9. The summed E-state index contributed by atoms with van der Waals surface area (Å²) >= 11 is 3.47. The lowest BCUT2D eigenvalue weighted by molar-refractivity contribution is 0.398. The van der Waals surface area contributed by atoms with Crippen molar-refractivity contribution in [1.29, 1.82) is 0 Å². The van der Waals surface area contributed by atoms with Crippen molar-refractivity contribution >= 4 is 32.6 Å². The van der Waals surface area contributed by atoms with Crippen molar-refractivity contribution in [3.05, 3.63) is 52.8 Å². The number of fused-ring (bicyclic) bond motifs is 1. The van der Waals surface area contributed by atoms with Gasteiger partial charge < -0.3 is 14.5 Å². The van der Waals surface area contributed by atoms with E-state index in [0.717, 1.165) is 26.9 Å². The van der Waals surface area contributed by atoms with Gasteiger partial charge in [-0.05, 0) is 37.3 Å². The monoisotopic (exact) mass is 346 g/mol. The zero-order chi connectivity index (χ0) is 14.8. The molecule has 0 radical (unpaired) electrons. The number of rotatable bonds is 4. The molecule has 0 aliphatic heterocycles. The van der Waals surface area contributed by atoms with Crippen LogP contribution in [0.2, 0.25) is 0 Å². The van der Waals surface area contributed by atoms with Gasteiger partial charge in [-0.2, -0.15) is 0 Å². The van der Waals surface area contributed by atoms with Crippen molar-refractivity contribution in [3.8, 4) is 5.88 Å². The SMILES string of the molecule is COc1ccc(NC(C)c2cc3cc(Br)ccc3o2)cn1. The maximum atomic E-state index is 5.87. The fraction of sp³-hybridized carbons (Fsp3) is 0.188. The lowest BCUT2D eigenvalue weighted by Crippen LogP contribution is -2.05. The number of anilines is 1. The van der Waals surface area contributed by atoms with Gasteiger partial charge in [-0.15, -0.1) is 0 Å². The lowest BCUT2D eigenvalue weighted by Gasteiger charge is -2.12. The highest BCUT2D eigenvalue weighted by Crippen LogP contribution is 2.28. The minimum Gasteiger partial charge on any atom is -0.481 e. The Bertz CT molecular complexity index is 753. The van der Waals surface area contributed by atoms with E-state index in [2.05, 4.69) is 39.2 Å². The van der Waals surface area contributed by atoms with Crippen LogP contribution in [0.5, 0.6) is 5.88 Å². The Kier molecular flexibility index (Phi) is 3.84. The molecule has 2 heterocycles. The van der Waals surface area contributed by atoms with Crippen molar-refractivity contribution in [2.75, 3.05) is 12.4 Å². The van der Waals surface area contributed by atoms with Gasteiger partial charge in [0.25, 0.3) is 0 Å². The molecule has 0 saturated carbocycles.